The fourth-order valence-electron chi connectivity index (χ4n) is 2.73. The van der Waals surface area contributed by atoms with Crippen molar-refractivity contribution in [3.05, 3.63) is 11.3 Å². The zero-order valence-electron chi connectivity index (χ0n) is 10.6. The van der Waals surface area contributed by atoms with Crippen molar-refractivity contribution < 1.29 is 4.74 Å². The molecule has 18 heavy (non-hydrogen) atoms. The van der Waals surface area contributed by atoms with E-state index in [0.29, 0.717) is 6.04 Å². The predicted octanol–water partition coefficient (Wildman–Crippen LogP) is 0.842. The minimum atomic E-state index is 0.262. The van der Waals surface area contributed by atoms with Crippen LogP contribution in [-0.4, -0.2) is 54.7 Å². The summed E-state index contributed by atoms with van der Waals surface area (Å²) in [4.78, 5) is 4.61. The highest BCUT2D eigenvalue weighted by atomic mass is 32.1. The molecular weight excluding hydrogens is 248 g/mol. The van der Waals surface area contributed by atoms with Crippen LogP contribution in [0.15, 0.2) is 0 Å². The Morgan fingerprint density at radius 2 is 2.33 bits per heavy atom. The van der Waals surface area contributed by atoms with E-state index in [1.54, 1.807) is 0 Å². The number of nitriles is 1. The van der Waals surface area contributed by atoms with Gasteiger partial charge in [-0.05, 0) is 25.5 Å². The fraction of sp³-hybridized carbons (Fsp3) is 0.667. The number of morpholine rings is 1. The van der Waals surface area contributed by atoms with Crippen LogP contribution in [0, 0.1) is 18.3 Å². The maximum Gasteiger partial charge on any atom is 0.130 e. The van der Waals surface area contributed by atoms with Gasteiger partial charge in [-0.15, -0.1) is 0 Å². The van der Waals surface area contributed by atoms with Gasteiger partial charge in [0.1, 0.15) is 16.6 Å². The molecule has 0 radical (unpaired) electrons. The monoisotopic (exact) mass is 264 g/mol. The second-order valence-corrected chi connectivity index (χ2v) is 5.67. The Morgan fingerprint density at radius 1 is 1.50 bits per heavy atom. The van der Waals surface area contributed by atoms with Gasteiger partial charge in [-0.25, -0.2) is 0 Å². The number of rotatable bonds is 1. The largest absolute Gasteiger partial charge is 0.373 e. The quantitative estimate of drug-likeness (QED) is 0.752. The highest BCUT2D eigenvalue weighted by Gasteiger charge is 2.39. The highest BCUT2D eigenvalue weighted by Crippen LogP contribution is 2.33. The van der Waals surface area contributed by atoms with E-state index in [9.17, 15) is 5.26 Å². The molecular formula is C12H16N4OS. The van der Waals surface area contributed by atoms with Gasteiger partial charge < -0.3 is 9.64 Å². The van der Waals surface area contributed by atoms with Crippen molar-refractivity contribution in [3.8, 4) is 6.07 Å². The highest BCUT2D eigenvalue weighted by molar-refractivity contribution is 7.10. The number of ether oxygens (including phenoxy) is 1. The molecule has 1 aromatic rings. The minimum absolute atomic E-state index is 0.262. The third-order valence-electron chi connectivity index (χ3n) is 3.82. The number of nitrogens with zero attached hydrogens (tertiary/aromatic N) is 4. The molecule has 2 saturated heterocycles. The standard InChI is InChI=1S/C12H16N4OS/c1-8-9(5-13)12(18-14-8)16-6-10-11(7-16)17-4-3-15(10)2/h10-11H,3-4,6-7H2,1-2H3/t10-,11+/m0/s1. The van der Waals surface area contributed by atoms with E-state index >= 15 is 0 Å². The van der Waals surface area contributed by atoms with Gasteiger partial charge in [-0.1, -0.05) is 0 Å². The second kappa shape index (κ2) is 4.50. The van der Waals surface area contributed by atoms with E-state index in [0.717, 1.165) is 42.5 Å². The number of likely N-dealkylation sites (N-methyl/N-ethyl adjacent to an activating group) is 1. The molecule has 96 valence electrons. The first kappa shape index (κ1) is 11.9. The van der Waals surface area contributed by atoms with Gasteiger partial charge >= 0.3 is 0 Å². The van der Waals surface area contributed by atoms with Crippen LogP contribution in [0.5, 0.6) is 0 Å². The number of anilines is 1. The molecule has 0 saturated carbocycles. The molecule has 5 nitrogen and oxygen atoms in total. The van der Waals surface area contributed by atoms with Crippen molar-refractivity contribution in [2.45, 2.75) is 19.1 Å². The van der Waals surface area contributed by atoms with Crippen molar-refractivity contribution in [2.24, 2.45) is 0 Å². The summed E-state index contributed by atoms with van der Waals surface area (Å²) >= 11 is 1.42. The van der Waals surface area contributed by atoms with E-state index in [-0.39, 0.29) is 6.10 Å². The summed E-state index contributed by atoms with van der Waals surface area (Å²) in [7, 11) is 2.15. The zero-order valence-corrected chi connectivity index (χ0v) is 11.4. The summed E-state index contributed by atoms with van der Waals surface area (Å²) in [5.74, 6) is 0. The van der Waals surface area contributed by atoms with Gasteiger partial charge in [0.05, 0.1) is 24.4 Å². The Labute approximate surface area is 111 Å². The Morgan fingerprint density at radius 3 is 3.06 bits per heavy atom. The molecule has 3 rings (SSSR count). The SMILES string of the molecule is Cc1nsc(N2C[C@H]3OCCN(C)[C@H]3C2)c1C#N. The van der Waals surface area contributed by atoms with Crippen LogP contribution in [0.25, 0.3) is 0 Å². The number of aryl methyl sites for hydroxylation is 1. The van der Waals surface area contributed by atoms with Crippen LogP contribution in [0.3, 0.4) is 0 Å². The van der Waals surface area contributed by atoms with E-state index in [4.69, 9.17) is 4.74 Å². The molecule has 0 unspecified atom stereocenters. The lowest BCUT2D eigenvalue weighted by molar-refractivity contribution is -0.0362. The van der Waals surface area contributed by atoms with Crippen molar-refractivity contribution >= 4 is 16.5 Å². The summed E-state index contributed by atoms with van der Waals surface area (Å²) < 4.78 is 10.1. The van der Waals surface area contributed by atoms with E-state index in [1.807, 2.05) is 6.92 Å². The van der Waals surface area contributed by atoms with Crippen molar-refractivity contribution in [1.82, 2.24) is 9.27 Å². The smallest absolute Gasteiger partial charge is 0.130 e. The molecule has 2 atom stereocenters. The lowest BCUT2D eigenvalue weighted by atomic mass is 10.1. The summed E-state index contributed by atoms with van der Waals surface area (Å²) in [6, 6.07) is 2.70. The van der Waals surface area contributed by atoms with Crippen molar-refractivity contribution in [1.29, 1.82) is 5.26 Å². The molecule has 0 N–H and O–H groups in total. The molecule has 3 heterocycles. The van der Waals surface area contributed by atoms with E-state index in [2.05, 4.69) is 27.3 Å². The Bertz CT molecular complexity index is 495. The van der Waals surface area contributed by atoms with Crippen molar-refractivity contribution in [2.75, 3.05) is 38.2 Å². The maximum absolute atomic E-state index is 9.21. The van der Waals surface area contributed by atoms with E-state index < -0.39 is 0 Å². The molecule has 0 amide bonds. The molecule has 2 fully saturated rings. The fourth-order valence-corrected chi connectivity index (χ4v) is 3.59. The molecule has 1 aromatic heterocycles. The van der Waals surface area contributed by atoms with Gasteiger partial charge in [-0.3, -0.25) is 4.90 Å². The van der Waals surface area contributed by atoms with Gasteiger partial charge in [0.2, 0.25) is 0 Å². The topological polar surface area (TPSA) is 52.4 Å². The normalized spacial score (nSPS) is 28.2. The Balaban J connectivity index is 1.85. The number of hydrogen-bond donors (Lipinski definition) is 0. The molecule has 2 aliphatic heterocycles. The third kappa shape index (κ3) is 1.79. The first-order chi connectivity index (χ1) is 8.70. The second-order valence-electron chi connectivity index (χ2n) is 4.92. The van der Waals surface area contributed by atoms with Crippen LogP contribution in [0.1, 0.15) is 11.3 Å². The Hall–Kier alpha value is -1.16. The molecule has 0 aliphatic carbocycles. The molecule has 6 heteroatoms. The summed E-state index contributed by atoms with van der Waals surface area (Å²) in [5.41, 5.74) is 1.56. The number of fused-ring (bicyclic) bond motifs is 1. The van der Waals surface area contributed by atoms with Crippen LogP contribution in [0.4, 0.5) is 5.00 Å². The maximum atomic E-state index is 9.21. The van der Waals surface area contributed by atoms with Gasteiger partial charge in [-0.2, -0.15) is 9.64 Å². The van der Waals surface area contributed by atoms with Gasteiger partial charge in [0, 0.05) is 19.6 Å². The third-order valence-corrected chi connectivity index (χ3v) is 4.82. The predicted molar refractivity (Wildman–Crippen MR) is 69.9 cm³/mol. The summed E-state index contributed by atoms with van der Waals surface area (Å²) in [6.45, 7) is 5.48. The first-order valence-electron chi connectivity index (χ1n) is 6.14. The molecule has 0 spiro atoms. The summed E-state index contributed by atoms with van der Waals surface area (Å²) in [6.07, 6.45) is 0.262. The zero-order chi connectivity index (χ0) is 12.7. The average molecular weight is 264 g/mol. The number of aromatic nitrogens is 1. The number of hydrogen-bond acceptors (Lipinski definition) is 6. The molecule has 0 bridgehead atoms. The van der Waals surface area contributed by atoms with Crippen LogP contribution in [-0.2, 0) is 4.74 Å². The first-order valence-corrected chi connectivity index (χ1v) is 6.91. The van der Waals surface area contributed by atoms with Crippen LogP contribution in [0.2, 0.25) is 0 Å². The average Bonchev–Trinajstić information content (AvgIpc) is 2.93. The van der Waals surface area contributed by atoms with Crippen LogP contribution >= 0.6 is 11.5 Å². The van der Waals surface area contributed by atoms with Crippen LogP contribution < -0.4 is 4.90 Å². The molecule has 2 aliphatic rings. The Kier molecular flexibility index (Phi) is 2.98. The minimum Gasteiger partial charge on any atom is -0.373 e. The van der Waals surface area contributed by atoms with Gasteiger partial charge in [0.15, 0.2) is 0 Å². The lowest BCUT2D eigenvalue weighted by Crippen LogP contribution is -2.48. The van der Waals surface area contributed by atoms with Gasteiger partial charge in [0.25, 0.3) is 0 Å². The molecule has 0 aromatic carbocycles. The van der Waals surface area contributed by atoms with Crippen molar-refractivity contribution in [3.63, 3.8) is 0 Å². The lowest BCUT2D eigenvalue weighted by Gasteiger charge is -2.33. The van der Waals surface area contributed by atoms with E-state index in [1.165, 1.54) is 11.5 Å². The summed E-state index contributed by atoms with van der Waals surface area (Å²) in [5, 5.41) is 10.2.